The summed E-state index contributed by atoms with van der Waals surface area (Å²) in [4.78, 5) is 24.0. The van der Waals surface area contributed by atoms with E-state index < -0.39 is 0 Å². The number of hydrogen-bond acceptors (Lipinski definition) is 4. The predicted octanol–water partition coefficient (Wildman–Crippen LogP) is 0.557. The topological polar surface area (TPSA) is 93.8 Å². The molecule has 0 aromatic carbocycles. The molecular weight excluding hydrogens is 272 g/mol. The third-order valence-electron chi connectivity index (χ3n) is 3.12. The second-order valence-corrected chi connectivity index (χ2v) is 4.57. The summed E-state index contributed by atoms with van der Waals surface area (Å²) in [5.41, 5.74) is 1.71. The average molecular weight is 290 g/mol. The lowest BCUT2D eigenvalue weighted by Gasteiger charge is -2.02. The second kappa shape index (κ2) is 5.78. The number of amides is 2. The van der Waals surface area contributed by atoms with Gasteiger partial charge in [0.05, 0.1) is 5.69 Å². The number of aryl methyl sites for hydroxylation is 3. The van der Waals surface area contributed by atoms with E-state index in [1.807, 2.05) is 13.8 Å². The van der Waals surface area contributed by atoms with Gasteiger partial charge in [0.15, 0.2) is 11.4 Å². The monoisotopic (exact) mass is 290 g/mol. The molecule has 8 nitrogen and oxygen atoms in total. The van der Waals surface area contributed by atoms with Crippen LogP contribution in [0.15, 0.2) is 12.3 Å². The van der Waals surface area contributed by atoms with Gasteiger partial charge in [-0.15, -0.1) is 0 Å². The average Bonchev–Trinajstić information content (AvgIpc) is 3.02. The highest BCUT2D eigenvalue weighted by Gasteiger charge is 2.19. The van der Waals surface area contributed by atoms with Crippen LogP contribution >= 0.6 is 0 Å². The van der Waals surface area contributed by atoms with E-state index >= 15 is 0 Å². The zero-order valence-electron chi connectivity index (χ0n) is 12.5. The van der Waals surface area contributed by atoms with Crippen molar-refractivity contribution in [1.82, 2.24) is 24.9 Å². The van der Waals surface area contributed by atoms with Gasteiger partial charge in [-0.25, -0.2) is 0 Å². The maximum Gasteiger partial charge on any atom is 0.276 e. The Bertz CT molecular complexity index is 665. The van der Waals surface area contributed by atoms with Crippen LogP contribution in [0, 0.1) is 6.92 Å². The summed E-state index contributed by atoms with van der Waals surface area (Å²) in [5.74, 6) is -0.728. The smallest absolute Gasteiger partial charge is 0.276 e. The Balaban J connectivity index is 2.28. The van der Waals surface area contributed by atoms with Gasteiger partial charge in [-0.2, -0.15) is 10.2 Å². The molecule has 2 rings (SSSR count). The lowest BCUT2D eigenvalue weighted by Crippen LogP contribution is -2.21. The highest BCUT2D eigenvalue weighted by molar-refractivity contribution is 6.07. The molecule has 2 aromatic rings. The molecule has 0 bridgehead atoms. The zero-order chi connectivity index (χ0) is 15.6. The van der Waals surface area contributed by atoms with Crippen molar-refractivity contribution >= 4 is 17.5 Å². The van der Waals surface area contributed by atoms with Crippen LogP contribution in [0.2, 0.25) is 0 Å². The highest BCUT2D eigenvalue weighted by Crippen LogP contribution is 2.15. The molecule has 2 heterocycles. The summed E-state index contributed by atoms with van der Waals surface area (Å²) >= 11 is 0. The molecule has 0 radical (unpaired) electrons. The highest BCUT2D eigenvalue weighted by atomic mass is 16.2. The molecule has 0 spiro atoms. The van der Waals surface area contributed by atoms with Gasteiger partial charge < -0.3 is 10.6 Å². The molecular formula is C13H18N6O2. The SMILES string of the molecule is CCn1cc(NC(=O)c2cc(C)n(C)n2)c(C(=O)NC)n1. The van der Waals surface area contributed by atoms with Crippen LogP contribution in [0.25, 0.3) is 0 Å². The Labute approximate surface area is 122 Å². The van der Waals surface area contributed by atoms with Crippen molar-refractivity contribution in [1.29, 1.82) is 0 Å². The minimum Gasteiger partial charge on any atom is -0.354 e. The number of carbonyl (C=O) groups excluding carboxylic acids is 2. The molecule has 0 unspecified atom stereocenters. The molecule has 2 amide bonds. The third-order valence-corrected chi connectivity index (χ3v) is 3.12. The first kappa shape index (κ1) is 14.8. The number of hydrogen-bond donors (Lipinski definition) is 2. The van der Waals surface area contributed by atoms with Gasteiger partial charge in [0, 0.05) is 32.5 Å². The molecule has 21 heavy (non-hydrogen) atoms. The molecule has 0 aliphatic carbocycles. The summed E-state index contributed by atoms with van der Waals surface area (Å²) < 4.78 is 3.20. The number of aromatic nitrogens is 4. The van der Waals surface area contributed by atoms with Gasteiger partial charge >= 0.3 is 0 Å². The predicted molar refractivity (Wildman–Crippen MR) is 77.2 cm³/mol. The van der Waals surface area contributed by atoms with Crippen LogP contribution in [0.4, 0.5) is 5.69 Å². The quantitative estimate of drug-likeness (QED) is 0.860. The number of nitrogens with one attached hydrogen (secondary N) is 2. The van der Waals surface area contributed by atoms with Gasteiger partial charge in [0.1, 0.15) is 0 Å². The van der Waals surface area contributed by atoms with Crippen molar-refractivity contribution in [2.45, 2.75) is 20.4 Å². The van der Waals surface area contributed by atoms with Crippen molar-refractivity contribution < 1.29 is 9.59 Å². The van der Waals surface area contributed by atoms with Crippen LogP contribution < -0.4 is 10.6 Å². The van der Waals surface area contributed by atoms with Gasteiger partial charge in [-0.1, -0.05) is 0 Å². The zero-order valence-corrected chi connectivity index (χ0v) is 12.5. The molecule has 8 heteroatoms. The normalized spacial score (nSPS) is 10.5. The lowest BCUT2D eigenvalue weighted by molar-refractivity contribution is 0.0958. The van der Waals surface area contributed by atoms with Crippen LogP contribution in [-0.2, 0) is 13.6 Å². The fourth-order valence-electron chi connectivity index (χ4n) is 1.82. The van der Waals surface area contributed by atoms with Crippen LogP contribution in [-0.4, -0.2) is 38.4 Å². The van der Waals surface area contributed by atoms with Gasteiger partial charge in [0.2, 0.25) is 0 Å². The molecule has 0 aliphatic heterocycles. The lowest BCUT2D eigenvalue weighted by atomic mass is 10.3. The van der Waals surface area contributed by atoms with Crippen LogP contribution in [0.3, 0.4) is 0 Å². The van der Waals surface area contributed by atoms with E-state index in [0.717, 1.165) is 5.69 Å². The summed E-state index contributed by atoms with van der Waals surface area (Å²) in [7, 11) is 3.28. The second-order valence-electron chi connectivity index (χ2n) is 4.57. The van der Waals surface area contributed by atoms with E-state index in [-0.39, 0.29) is 17.5 Å². The van der Waals surface area contributed by atoms with Crippen molar-refractivity contribution in [3.05, 3.63) is 29.3 Å². The Morgan fingerprint density at radius 1 is 1.29 bits per heavy atom. The summed E-state index contributed by atoms with van der Waals surface area (Å²) in [6, 6.07) is 1.68. The molecule has 2 aromatic heterocycles. The fourth-order valence-corrected chi connectivity index (χ4v) is 1.82. The Hall–Kier alpha value is -2.64. The van der Waals surface area contributed by atoms with Crippen LogP contribution in [0.1, 0.15) is 33.6 Å². The van der Waals surface area contributed by atoms with E-state index in [4.69, 9.17) is 0 Å². The largest absolute Gasteiger partial charge is 0.354 e. The van der Waals surface area contributed by atoms with E-state index in [9.17, 15) is 9.59 Å². The maximum absolute atomic E-state index is 12.2. The molecule has 0 atom stereocenters. The van der Waals surface area contributed by atoms with Crippen LogP contribution in [0.5, 0.6) is 0 Å². The summed E-state index contributed by atoms with van der Waals surface area (Å²) in [5, 5.41) is 13.4. The molecule has 0 saturated carbocycles. The van der Waals surface area contributed by atoms with E-state index in [1.54, 1.807) is 28.7 Å². The number of nitrogens with zero attached hydrogens (tertiary/aromatic N) is 4. The minimum absolute atomic E-state index is 0.181. The van der Waals surface area contributed by atoms with Gasteiger partial charge in [0.25, 0.3) is 11.8 Å². The summed E-state index contributed by atoms with van der Waals surface area (Å²) in [6.45, 7) is 4.35. The Morgan fingerprint density at radius 2 is 2.00 bits per heavy atom. The van der Waals surface area contributed by atoms with E-state index in [0.29, 0.717) is 17.9 Å². The third kappa shape index (κ3) is 2.93. The van der Waals surface area contributed by atoms with E-state index in [1.165, 1.54) is 7.05 Å². The molecule has 0 saturated heterocycles. The minimum atomic E-state index is -0.375. The number of rotatable bonds is 4. The van der Waals surface area contributed by atoms with Gasteiger partial charge in [-0.05, 0) is 19.9 Å². The molecule has 0 fully saturated rings. The van der Waals surface area contributed by atoms with Crippen molar-refractivity contribution in [3.8, 4) is 0 Å². The Kier molecular flexibility index (Phi) is 4.06. The van der Waals surface area contributed by atoms with Crippen molar-refractivity contribution in [2.75, 3.05) is 12.4 Å². The molecule has 112 valence electrons. The fraction of sp³-hybridized carbons (Fsp3) is 0.385. The van der Waals surface area contributed by atoms with Crippen molar-refractivity contribution in [3.63, 3.8) is 0 Å². The first-order chi connectivity index (χ1) is 9.96. The molecule has 2 N–H and O–H groups in total. The number of carbonyl (C=O) groups is 2. The standard InChI is InChI=1S/C13H18N6O2/c1-5-19-7-10(11(17-19)13(21)14-3)15-12(20)9-6-8(2)18(4)16-9/h6-7H,5H2,1-4H3,(H,14,21)(H,15,20). The first-order valence-electron chi connectivity index (χ1n) is 6.57. The summed E-state index contributed by atoms with van der Waals surface area (Å²) in [6.07, 6.45) is 1.62. The maximum atomic E-state index is 12.2. The van der Waals surface area contributed by atoms with E-state index in [2.05, 4.69) is 20.8 Å². The first-order valence-corrected chi connectivity index (χ1v) is 6.57. The number of anilines is 1. The Morgan fingerprint density at radius 3 is 2.52 bits per heavy atom. The van der Waals surface area contributed by atoms with Crippen molar-refractivity contribution in [2.24, 2.45) is 7.05 Å². The van der Waals surface area contributed by atoms with Gasteiger partial charge in [-0.3, -0.25) is 19.0 Å². The molecule has 0 aliphatic rings.